The van der Waals surface area contributed by atoms with E-state index in [4.69, 9.17) is 19.9 Å². The average Bonchev–Trinajstić information content (AvgIpc) is 2.42. The Morgan fingerprint density at radius 2 is 1.55 bits per heavy atom. The average molecular weight is 293 g/mol. The van der Waals surface area contributed by atoms with E-state index in [9.17, 15) is 13.2 Å². The summed E-state index contributed by atoms with van der Waals surface area (Å²) in [7, 11) is 4.31. The summed E-state index contributed by atoms with van der Waals surface area (Å²) in [6.07, 6.45) is -5.37. The molecule has 0 saturated heterocycles. The molecule has 1 rings (SSSR count). The van der Waals surface area contributed by atoms with E-state index in [2.05, 4.69) is 0 Å². The second-order valence-electron chi connectivity index (χ2n) is 4.22. The fourth-order valence-corrected chi connectivity index (χ4v) is 1.80. The Labute approximate surface area is 115 Å². The molecule has 4 nitrogen and oxygen atoms in total. The van der Waals surface area contributed by atoms with Gasteiger partial charge in [0.15, 0.2) is 11.5 Å². The zero-order valence-corrected chi connectivity index (χ0v) is 11.6. The molecule has 20 heavy (non-hydrogen) atoms. The minimum absolute atomic E-state index is 0.206. The Kier molecular flexibility index (Phi) is 5.50. The van der Waals surface area contributed by atoms with Crippen molar-refractivity contribution in [3.8, 4) is 17.2 Å². The van der Waals surface area contributed by atoms with Gasteiger partial charge in [-0.15, -0.1) is 0 Å². The van der Waals surface area contributed by atoms with Gasteiger partial charge >= 0.3 is 6.18 Å². The second kappa shape index (κ2) is 6.69. The van der Waals surface area contributed by atoms with E-state index >= 15 is 0 Å². The summed E-state index contributed by atoms with van der Waals surface area (Å²) in [5, 5.41) is 0. The van der Waals surface area contributed by atoms with E-state index < -0.39 is 18.6 Å². The van der Waals surface area contributed by atoms with Gasteiger partial charge in [-0.05, 0) is 24.1 Å². The van der Waals surface area contributed by atoms with E-state index in [0.29, 0.717) is 22.8 Å². The molecule has 0 fully saturated rings. The Balaban J connectivity index is 3.00. The summed E-state index contributed by atoms with van der Waals surface area (Å²) in [5.74, 6) is 1.11. The maximum Gasteiger partial charge on any atom is 0.389 e. The summed E-state index contributed by atoms with van der Waals surface area (Å²) >= 11 is 0. The van der Waals surface area contributed by atoms with Crippen molar-refractivity contribution in [3.05, 3.63) is 17.7 Å². The Morgan fingerprint density at radius 1 is 1.05 bits per heavy atom. The van der Waals surface area contributed by atoms with E-state index in [1.807, 2.05) is 0 Å². The summed E-state index contributed by atoms with van der Waals surface area (Å²) in [5.41, 5.74) is 6.29. The molecule has 1 atom stereocenters. The molecule has 0 aliphatic heterocycles. The number of ether oxygens (including phenoxy) is 3. The van der Waals surface area contributed by atoms with Gasteiger partial charge in [0.2, 0.25) is 5.75 Å². The highest BCUT2D eigenvalue weighted by Crippen LogP contribution is 2.40. The van der Waals surface area contributed by atoms with Crippen molar-refractivity contribution >= 4 is 0 Å². The first-order valence-electron chi connectivity index (χ1n) is 5.94. The lowest BCUT2D eigenvalue weighted by atomic mass is 10.0. The third-order valence-electron chi connectivity index (χ3n) is 2.85. The van der Waals surface area contributed by atoms with Gasteiger partial charge in [-0.2, -0.15) is 13.2 Å². The maximum absolute atomic E-state index is 12.2. The van der Waals surface area contributed by atoms with Gasteiger partial charge in [-0.1, -0.05) is 0 Å². The van der Waals surface area contributed by atoms with Crippen LogP contribution in [-0.4, -0.2) is 27.5 Å². The van der Waals surface area contributed by atoms with Crippen LogP contribution in [-0.2, 0) is 0 Å². The third kappa shape index (κ3) is 4.19. The van der Waals surface area contributed by atoms with Crippen LogP contribution in [0.5, 0.6) is 17.2 Å². The molecule has 0 aliphatic rings. The molecule has 0 aromatic heterocycles. The fourth-order valence-electron chi connectivity index (χ4n) is 1.80. The number of hydrogen-bond donors (Lipinski definition) is 1. The lowest BCUT2D eigenvalue weighted by Crippen LogP contribution is -2.16. The number of methoxy groups -OCH3 is 3. The largest absolute Gasteiger partial charge is 0.493 e. The highest BCUT2D eigenvalue weighted by molar-refractivity contribution is 5.54. The SMILES string of the molecule is COc1cc([C@@H](N)CCC(F)(F)F)cc(OC)c1OC. The van der Waals surface area contributed by atoms with Crippen molar-refractivity contribution in [2.45, 2.75) is 25.1 Å². The van der Waals surface area contributed by atoms with Gasteiger partial charge in [0.05, 0.1) is 21.3 Å². The topological polar surface area (TPSA) is 53.7 Å². The zero-order chi connectivity index (χ0) is 15.3. The Morgan fingerprint density at radius 3 is 1.90 bits per heavy atom. The normalized spacial score (nSPS) is 12.9. The number of alkyl halides is 3. The molecule has 1 aromatic rings. The minimum Gasteiger partial charge on any atom is -0.493 e. The number of rotatable bonds is 6. The fraction of sp³-hybridized carbons (Fsp3) is 0.538. The minimum atomic E-state index is -4.22. The second-order valence-corrected chi connectivity index (χ2v) is 4.22. The third-order valence-corrected chi connectivity index (χ3v) is 2.85. The molecular formula is C13H18F3NO3. The van der Waals surface area contributed by atoms with Gasteiger partial charge in [-0.3, -0.25) is 0 Å². The molecule has 0 aliphatic carbocycles. The van der Waals surface area contributed by atoms with E-state index in [1.54, 1.807) is 12.1 Å². The number of benzene rings is 1. The van der Waals surface area contributed by atoms with Crippen molar-refractivity contribution in [1.82, 2.24) is 0 Å². The molecular weight excluding hydrogens is 275 g/mol. The summed E-state index contributed by atoms with van der Waals surface area (Å²) in [6.45, 7) is 0. The van der Waals surface area contributed by atoms with Crippen LogP contribution in [0.4, 0.5) is 13.2 Å². The quantitative estimate of drug-likeness (QED) is 0.876. The van der Waals surface area contributed by atoms with Crippen molar-refractivity contribution in [2.24, 2.45) is 5.73 Å². The molecule has 0 radical (unpaired) electrons. The Bertz CT molecular complexity index is 424. The highest BCUT2D eigenvalue weighted by Gasteiger charge is 2.28. The lowest BCUT2D eigenvalue weighted by Gasteiger charge is -2.18. The van der Waals surface area contributed by atoms with Crippen molar-refractivity contribution in [2.75, 3.05) is 21.3 Å². The predicted molar refractivity (Wildman–Crippen MR) is 68.3 cm³/mol. The van der Waals surface area contributed by atoms with Crippen LogP contribution in [0.15, 0.2) is 12.1 Å². The van der Waals surface area contributed by atoms with Gasteiger partial charge < -0.3 is 19.9 Å². The molecule has 0 unspecified atom stereocenters. The molecule has 2 N–H and O–H groups in total. The first-order valence-corrected chi connectivity index (χ1v) is 5.94. The summed E-state index contributed by atoms with van der Waals surface area (Å²) in [6, 6.07) is 2.36. The molecule has 0 saturated carbocycles. The zero-order valence-electron chi connectivity index (χ0n) is 11.6. The van der Waals surface area contributed by atoms with Crippen LogP contribution in [0.1, 0.15) is 24.4 Å². The number of hydrogen-bond acceptors (Lipinski definition) is 4. The van der Waals surface area contributed by atoms with Crippen LogP contribution in [0.25, 0.3) is 0 Å². The van der Waals surface area contributed by atoms with Crippen molar-refractivity contribution < 1.29 is 27.4 Å². The van der Waals surface area contributed by atoms with Gasteiger partial charge in [0.1, 0.15) is 0 Å². The standard InChI is InChI=1S/C13H18F3NO3/c1-18-10-6-8(7-11(19-2)12(10)20-3)9(17)4-5-13(14,15)16/h6-7,9H,4-5,17H2,1-3H3/t9-/m0/s1. The Hall–Kier alpha value is -1.63. The van der Waals surface area contributed by atoms with Crippen LogP contribution in [0, 0.1) is 0 Å². The van der Waals surface area contributed by atoms with Gasteiger partial charge in [-0.25, -0.2) is 0 Å². The molecule has 0 amide bonds. The molecule has 114 valence electrons. The first kappa shape index (κ1) is 16.4. The first-order chi connectivity index (χ1) is 9.32. The van der Waals surface area contributed by atoms with Gasteiger partial charge in [0.25, 0.3) is 0 Å². The van der Waals surface area contributed by atoms with Crippen LogP contribution < -0.4 is 19.9 Å². The molecule has 0 spiro atoms. The monoisotopic (exact) mass is 293 g/mol. The van der Waals surface area contributed by atoms with Crippen LogP contribution >= 0.6 is 0 Å². The summed E-state index contributed by atoms with van der Waals surface area (Å²) in [4.78, 5) is 0. The molecule has 7 heteroatoms. The van der Waals surface area contributed by atoms with Gasteiger partial charge in [0, 0.05) is 12.5 Å². The van der Waals surface area contributed by atoms with Crippen LogP contribution in [0.2, 0.25) is 0 Å². The molecule has 0 heterocycles. The van der Waals surface area contributed by atoms with E-state index in [-0.39, 0.29) is 6.42 Å². The highest BCUT2D eigenvalue weighted by atomic mass is 19.4. The predicted octanol–water partition coefficient (Wildman–Crippen LogP) is 3.05. The molecule has 1 aromatic carbocycles. The van der Waals surface area contributed by atoms with Crippen molar-refractivity contribution in [1.29, 1.82) is 0 Å². The lowest BCUT2D eigenvalue weighted by molar-refractivity contribution is -0.136. The molecule has 0 bridgehead atoms. The van der Waals surface area contributed by atoms with Crippen LogP contribution in [0.3, 0.4) is 0 Å². The van der Waals surface area contributed by atoms with E-state index in [0.717, 1.165) is 0 Å². The summed E-state index contributed by atoms with van der Waals surface area (Å²) < 4.78 is 52.0. The van der Waals surface area contributed by atoms with E-state index in [1.165, 1.54) is 21.3 Å². The number of halogens is 3. The maximum atomic E-state index is 12.2. The van der Waals surface area contributed by atoms with Crippen molar-refractivity contribution in [3.63, 3.8) is 0 Å². The number of nitrogens with two attached hydrogens (primary N) is 1. The smallest absolute Gasteiger partial charge is 0.389 e.